The van der Waals surface area contributed by atoms with Gasteiger partial charge < -0.3 is 13.1 Å². The Morgan fingerprint density at radius 2 is 1.20 bits per heavy atom. The highest BCUT2D eigenvalue weighted by molar-refractivity contribution is 7.94. The minimum Gasteiger partial charge on any atom is -0.426 e. The molecule has 2 N–H and O–H groups in total. The molecule has 1 aromatic heterocycles. The number of hydrogen-bond acceptors (Lipinski definition) is 6. The van der Waals surface area contributed by atoms with Crippen LogP contribution < -0.4 is 4.18 Å². The molecule has 4 heterocycles. The summed E-state index contributed by atoms with van der Waals surface area (Å²) in [5.74, 6) is 5.37. The van der Waals surface area contributed by atoms with Crippen LogP contribution in [0.25, 0.3) is 10.8 Å². The van der Waals surface area contributed by atoms with Crippen LogP contribution in [0.2, 0.25) is 4.78 Å². The number of nitrogens with one attached hydrogen (secondary N) is 2. The van der Waals surface area contributed by atoms with Crippen molar-refractivity contribution in [2.45, 2.75) is 59.7 Å². The van der Waals surface area contributed by atoms with Crippen LogP contribution in [0.1, 0.15) is 86.9 Å². The van der Waals surface area contributed by atoms with Crippen molar-refractivity contribution in [1.82, 2.24) is 8.87 Å². The van der Waals surface area contributed by atoms with Crippen LogP contribution in [0, 0.1) is 12.3 Å². The van der Waals surface area contributed by atoms with Gasteiger partial charge in [-0.3, -0.25) is 5.41 Å². The summed E-state index contributed by atoms with van der Waals surface area (Å²) in [6.07, 6.45) is 5.12. The summed E-state index contributed by atoms with van der Waals surface area (Å²) in [7, 11) is 0. The average Bonchev–Trinajstić information content (AvgIpc) is 3.99. The van der Waals surface area contributed by atoms with E-state index in [-0.39, 0.29) is 21.3 Å². The van der Waals surface area contributed by atoms with Crippen molar-refractivity contribution in [2.75, 3.05) is 6.26 Å². The van der Waals surface area contributed by atoms with Crippen molar-refractivity contribution in [3.8, 4) is 5.75 Å². The zero-order chi connectivity index (χ0) is 41.9. The van der Waals surface area contributed by atoms with Gasteiger partial charge in [0.15, 0.2) is 23.3 Å². The Kier molecular flexibility index (Phi) is 14.6. The van der Waals surface area contributed by atoms with Gasteiger partial charge in [-0.1, -0.05) is 168 Å². The molecule has 0 saturated carbocycles. The molecule has 9 rings (SSSR count). The molecule has 9 nitrogen and oxygen atoms in total. The van der Waals surface area contributed by atoms with Crippen LogP contribution in [0.5, 0.6) is 5.75 Å². The summed E-state index contributed by atoms with van der Waals surface area (Å²) >= 11 is 1.11. The van der Waals surface area contributed by atoms with Crippen LogP contribution in [-0.2, 0) is 0 Å². The zero-order valence-electron chi connectivity index (χ0n) is 35.0. The average molecular weight is 814 g/mol. The number of aromatic amines is 1. The van der Waals surface area contributed by atoms with E-state index in [1.54, 1.807) is 0 Å². The third-order valence-electron chi connectivity index (χ3n) is 9.00. The molecule has 1 radical (unpaired) electrons. The van der Waals surface area contributed by atoms with Gasteiger partial charge >= 0.3 is 15.4 Å². The smallest absolute Gasteiger partial charge is 0.385 e. The number of H-pyrrole nitrogens is 1. The third kappa shape index (κ3) is 9.72. The number of nitrogens with zero attached hydrogens (tertiary/aromatic N) is 6. The van der Waals surface area contributed by atoms with Crippen molar-refractivity contribution < 1.29 is 4.18 Å². The summed E-state index contributed by atoms with van der Waals surface area (Å²) in [5, 5.41) is 10.6. The molecule has 3 aliphatic rings. The molecule has 0 saturated heterocycles. The lowest BCUT2D eigenvalue weighted by atomic mass is 10.1. The van der Waals surface area contributed by atoms with E-state index < -0.39 is 0 Å². The number of fused-ring (bicyclic) bond motifs is 4. The Morgan fingerprint density at radius 1 is 0.695 bits per heavy atom. The first-order valence-corrected chi connectivity index (χ1v) is 22.4. The molecule has 0 bridgehead atoms. The fourth-order valence-corrected chi connectivity index (χ4v) is 8.09. The van der Waals surface area contributed by atoms with Crippen LogP contribution in [0.15, 0.2) is 152 Å². The van der Waals surface area contributed by atoms with Gasteiger partial charge in [0.25, 0.3) is 0 Å². The SMILES string of the molecule is CC.CCC.CSOc1ccc(C)cc1.C[CH](C)[Al][N]1C(=NC2=NC(=N)c3ccccc32)c2ccccc2C1=NC1=N/C(=N\c2[nH]cc3ccccc23)c2ccccc21. The van der Waals surface area contributed by atoms with E-state index in [0.717, 1.165) is 67.4 Å². The normalized spacial score (nSPS) is 15.4. The Hall–Kier alpha value is -5.86. The number of aryl methyl sites for hydroxylation is 1. The van der Waals surface area contributed by atoms with E-state index in [2.05, 4.69) is 78.8 Å². The van der Waals surface area contributed by atoms with Crippen LogP contribution in [0.4, 0.5) is 5.82 Å². The second-order valence-corrected chi connectivity index (χ2v) is 16.6. The number of aliphatic imine (C=N–C) groups is 5. The van der Waals surface area contributed by atoms with Gasteiger partial charge in [0.1, 0.15) is 23.2 Å². The van der Waals surface area contributed by atoms with E-state index in [9.17, 15) is 0 Å². The second-order valence-electron chi connectivity index (χ2n) is 13.9. The minimum absolute atomic E-state index is 0.237. The maximum Gasteiger partial charge on any atom is 0.385 e. The summed E-state index contributed by atoms with van der Waals surface area (Å²) in [4.78, 5) is 28.2. The van der Waals surface area contributed by atoms with E-state index in [0.29, 0.717) is 22.3 Å². The highest BCUT2D eigenvalue weighted by Gasteiger charge is 2.35. The Labute approximate surface area is 358 Å². The molecule has 6 aromatic rings. The fraction of sp³-hybridized carbons (Fsp3) is 0.208. The van der Waals surface area contributed by atoms with Gasteiger partial charge in [-0.2, -0.15) is 0 Å². The fourth-order valence-electron chi connectivity index (χ4n) is 6.51. The van der Waals surface area contributed by atoms with Crippen molar-refractivity contribution in [1.29, 1.82) is 5.41 Å². The monoisotopic (exact) mass is 813 g/mol. The highest BCUT2D eigenvalue weighted by Crippen LogP contribution is 2.31. The van der Waals surface area contributed by atoms with Crippen molar-refractivity contribution in [3.05, 3.63) is 166 Å². The van der Waals surface area contributed by atoms with Gasteiger partial charge in [0.2, 0.25) is 0 Å². The predicted octanol–water partition coefficient (Wildman–Crippen LogP) is 11.8. The first-order valence-electron chi connectivity index (χ1n) is 20.1. The zero-order valence-corrected chi connectivity index (χ0v) is 37.0. The molecule has 0 atom stereocenters. The molecule has 11 heteroatoms. The maximum absolute atomic E-state index is 8.42. The quantitative estimate of drug-likeness (QED) is 0.133. The topological polar surface area (TPSA) is 114 Å². The molecule has 0 spiro atoms. The molecule has 0 aliphatic carbocycles. The highest BCUT2D eigenvalue weighted by atomic mass is 32.2. The molecular weight excluding hydrogens is 764 g/mol. The van der Waals surface area contributed by atoms with Crippen LogP contribution >= 0.6 is 12.0 Å². The second kappa shape index (κ2) is 20.2. The third-order valence-corrected chi connectivity index (χ3v) is 10.7. The Bertz CT molecular complexity index is 2590. The Morgan fingerprint density at radius 3 is 1.80 bits per heavy atom. The van der Waals surface area contributed by atoms with Gasteiger partial charge in [0, 0.05) is 56.6 Å². The van der Waals surface area contributed by atoms with Gasteiger partial charge in [-0.25, -0.2) is 25.0 Å². The molecule has 0 fully saturated rings. The standard InChI is InChI=1S/C32H19N8.C8H10OS.C3H8.C3H7.C2H6.Al/c33-26-20-11-3-4-12-21(20)28(35-26)37-30-24-15-7-8-16-25(24)32(39-30)40-31-23-14-6-5-13-22(23)29(38-31)36-27-19-10-2-1-9-18(19)17-34-27;1-7-3-5-8(6-4-7)9-10-2;2*1-3-2;1-2;/h1-17,34H,(H-,33,35,36,37,38,39,40);3-6H,1-2H3;3H2,1-2H3;3H,1-2H3;1-2H3;/q-1;;;;;+1. The number of amidine groups is 6. The number of benzene rings is 5. The molecule has 0 unspecified atom stereocenters. The first-order chi connectivity index (χ1) is 28.8. The molecule has 5 aromatic carbocycles. The summed E-state index contributed by atoms with van der Waals surface area (Å²) < 4.78 is 7.84. The molecule has 59 heavy (non-hydrogen) atoms. The molecule has 297 valence electrons. The van der Waals surface area contributed by atoms with E-state index in [1.165, 1.54) is 24.0 Å². The predicted molar refractivity (Wildman–Crippen MR) is 252 cm³/mol. The maximum atomic E-state index is 8.42. The molecular formula is C48H50AlN8OS. The van der Waals surface area contributed by atoms with Gasteiger partial charge in [-0.15, -0.1) is 0 Å². The summed E-state index contributed by atoms with van der Waals surface area (Å²) in [6, 6.07) is 40.3. The first kappa shape index (κ1) is 42.7. The lowest BCUT2D eigenvalue weighted by molar-refractivity contribution is 0.650. The number of rotatable bonds is 5. The molecule has 3 aliphatic heterocycles. The van der Waals surface area contributed by atoms with E-state index in [1.807, 2.05) is 117 Å². The van der Waals surface area contributed by atoms with Crippen LogP contribution in [-0.4, -0.2) is 65.6 Å². The van der Waals surface area contributed by atoms with E-state index >= 15 is 0 Å². The largest absolute Gasteiger partial charge is 0.426 e. The lowest BCUT2D eigenvalue weighted by Crippen LogP contribution is -2.37. The van der Waals surface area contributed by atoms with Crippen molar-refractivity contribution in [3.63, 3.8) is 0 Å². The summed E-state index contributed by atoms with van der Waals surface area (Å²) in [5.41, 5.74) is 6.82. The van der Waals surface area contributed by atoms with Crippen molar-refractivity contribution >= 4 is 79.1 Å². The lowest BCUT2D eigenvalue weighted by Gasteiger charge is -2.22. The minimum atomic E-state index is -0.249. The van der Waals surface area contributed by atoms with Crippen molar-refractivity contribution in [2.24, 2.45) is 25.0 Å². The summed E-state index contributed by atoms with van der Waals surface area (Å²) in [6.45, 7) is 14.8. The number of hydrogen-bond donors (Lipinski definition) is 2. The van der Waals surface area contributed by atoms with Gasteiger partial charge in [-0.05, 0) is 19.1 Å². The van der Waals surface area contributed by atoms with Gasteiger partial charge in [0.05, 0.1) is 12.0 Å². The molecule has 0 amide bonds. The number of aromatic nitrogens is 1. The Balaban J connectivity index is 0.000000334. The van der Waals surface area contributed by atoms with Crippen LogP contribution in [0.3, 0.4) is 0 Å². The van der Waals surface area contributed by atoms with E-state index in [4.69, 9.17) is 29.6 Å².